The fourth-order valence-electron chi connectivity index (χ4n) is 5.12. The zero-order valence-electron chi connectivity index (χ0n) is 25.8. The number of Topliss-reactive ketones (excluding diaryl/α,β-unsaturated/α-hetero) is 3. The Kier molecular flexibility index (Phi) is 13.2. The molecule has 1 radical (unpaired) electrons. The number of carbonyl (C=O) groups is 7. The second kappa shape index (κ2) is 15.8. The van der Waals surface area contributed by atoms with E-state index in [1.807, 2.05) is 0 Å². The Labute approximate surface area is 261 Å². The van der Waals surface area contributed by atoms with E-state index in [4.69, 9.17) is 43.6 Å². The highest BCUT2D eigenvalue weighted by Gasteiger charge is 2.71. The normalized spacial score (nSPS) is 33.2. The number of esters is 3. The minimum absolute atomic E-state index is 0.607. The zero-order chi connectivity index (χ0) is 35.1. The summed E-state index contributed by atoms with van der Waals surface area (Å²) in [7, 11) is 0. The van der Waals surface area contributed by atoms with Gasteiger partial charge in [0.1, 0.15) is 44.3 Å². The number of carbonyl (C=O) groups excluding carboxylic acids is 7. The number of rotatable bonds is 14. The third-order valence-corrected chi connectivity index (χ3v) is 7.06. The molecule has 18 nitrogen and oxygen atoms in total. The van der Waals surface area contributed by atoms with E-state index < -0.39 is 121 Å². The average molecular weight is 667 g/mol. The van der Waals surface area contributed by atoms with Crippen LogP contribution in [0.5, 0.6) is 0 Å². The van der Waals surface area contributed by atoms with E-state index in [-0.39, 0.29) is 0 Å². The number of ketones is 3. The predicted molar refractivity (Wildman–Crippen MR) is 143 cm³/mol. The minimum Gasteiger partial charge on any atom is -0.463 e. The molecule has 46 heavy (non-hydrogen) atoms. The first kappa shape index (κ1) is 38.6. The van der Waals surface area contributed by atoms with Crippen molar-refractivity contribution in [1.82, 2.24) is 0 Å². The molecule has 0 aromatic rings. The van der Waals surface area contributed by atoms with Crippen LogP contribution in [-0.4, -0.2) is 132 Å². The van der Waals surface area contributed by atoms with E-state index in [9.17, 15) is 48.2 Å². The summed E-state index contributed by atoms with van der Waals surface area (Å²) in [6.07, 6.45) is -16.7. The van der Waals surface area contributed by atoms with Gasteiger partial charge in [-0.3, -0.25) is 28.8 Å². The van der Waals surface area contributed by atoms with E-state index in [1.54, 1.807) is 0 Å². The lowest BCUT2D eigenvalue weighted by Gasteiger charge is -2.53. The molecule has 1 amide bonds. The number of primary amides is 1. The molecule has 0 aromatic heterocycles. The van der Waals surface area contributed by atoms with Crippen LogP contribution in [0.1, 0.15) is 41.5 Å². The molecule has 2 rings (SSSR count). The van der Waals surface area contributed by atoms with Crippen molar-refractivity contribution < 1.29 is 86.1 Å². The number of nitrogens with two attached hydrogens (primary N) is 1. The first-order valence-corrected chi connectivity index (χ1v) is 13.7. The van der Waals surface area contributed by atoms with Crippen LogP contribution in [0.3, 0.4) is 0 Å². The number of aliphatic hydroxyl groups is 2. The highest BCUT2D eigenvalue weighted by atomic mass is 19.1. The van der Waals surface area contributed by atoms with Gasteiger partial charge in [-0.2, -0.15) is 0 Å². The Hall–Kier alpha value is -3.62. The van der Waals surface area contributed by atoms with E-state index in [2.05, 4.69) is 0 Å². The maximum atomic E-state index is 13.1. The molecule has 0 aromatic carbocycles. The van der Waals surface area contributed by atoms with Gasteiger partial charge in [0.25, 0.3) is 0 Å². The third-order valence-electron chi connectivity index (χ3n) is 7.06. The van der Waals surface area contributed by atoms with Crippen molar-refractivity contribution in [2.75, 3.05) is 19.9 Å². The largest absolute Gasteiger partial charge is 0.463 e. The molecule has 10 atom stereocenters. The van der Waals surface area contributed by atoms with Crippen LogP contribution >= 0.6 is 0 Å². The molecule has 2 fully saturated rings. The number of hydrogen-bond acceptors (Lipinski definition) is 17. The zero-order valence-corrected chi connectivity index (χ0v) is 25.8. The predicted octanol–water partition coefficient (Wildman–Crippen LogP) is -1.87. The molecule has 259 valence electrons. The smallest absolute Gasteiger partial charge is 0.405 e. The van der Waals surface area contributed by atoms with Gasteiger partial charge < -0.3 is 53.8 Å². The molecule has 19 heteroatoms. The molecule has 2 heterocycles. The van der Waals surface area contributed by atoms with Crippen LogP contribution in [0.15, 0.2) is 0 Å². The van der Waals surface area contributed by atoms with Crippen molar-refractivity contribution in [2.24, 2.45) is 5.73 Å². The molecule has 0 bridgehead atoms. The minimum atomic E-state index is -3.31. The summed E-state index contributed by atoms with van der Waals surface area (Å²) in [6.45, 7) is 3.54. The molecule has 0 saturated carbocycles. The van der Waals surface area contributed by atoms with Crippen molar-refractivity contribution in [2.45, 2.75) is 102 Å². The maximum absolute atomic E-state index is 13.1. The highest BCUT2D eigenvalue weighted by Crippen LogP contribution is 2.43. The van der Waals surface area contributed by atoms with Crippen molar-refractivity contribution in [1.29, 1.82) is 0 Å². The Morgan fingerprint density at radius 2 is 1.41 bits per heavy atom. The van der Waals surface area contributed by atoms with Crippen molar-refractivity contribution in [3.8, 4) is 0 Å². The van der Waals surface area contributed by atoms with Gasteiger partial charge in [-0.25, -0.2) is 9.18 Å². The summed E-state index contributed by atoms with van der Waals surface area (Å²) in [5.74, 6) is -6.32. The standard InChI is InChI=1S/C27H37FNO17/c1-11(30)19(39-8-7-28)23-27(38,13(3)32)26(37,12(2)31)18(10-41-23)45-24-22(43-16(6)35)21(46-25(29)36)20(42-15(5)34)17(44-24)9-40-14(4)33/h10,17-24,37-38H,7-9H2,1-6H3,(H2,29,36)/t17-,18+,19?,20-,21+,22+,23-,24+,26+,27+/m1/s1. The summed E-state index contributed by atoms with van der Waals surface area (Å²) >= 11 is 0. The Bertz CT molecular complexity index is 1200. The summed E-state index contributed by atoms with van der Waals surface area (Å²) in [4.78, 5) is 86.0. The lowest BCUT2D eigenvalue weighted by molar-refractivity contribution is -0.344. The van der Waals surface area contributed by atoms with Gasteiger partial charge in [0.15, 0.2) is 53.2 Å². The van der Waals surface area contributed by atoms with Crippen LogP contribution < -0.4 is 5.73 Å². The summed E-state index contributed by atoms with van der Waals surface area (Å²) < 4.78 is 55.6. The van der Waals surface area contributed by atoms with E-state index >= 15 is 0 Å². The first-order valence-electron chi connectivity index (χ1n) is 13.7. The van der Waals surface area contributed by atoms with Crippen LogP contribution in [0.2, 0.25) is 0 Å². The topological polar surface area (TPSA) is 260 Å². The van der Waals surface area contributed by atoms with Gasteiger partial charge in [0.05, 0.1) is 6.61 Å². The molecule has 0 spiro atoms. The van der Waals surface area contributed by atoms with Gasteiger partial charge in [-0.05, 0) is 20.8 Å². The van der Waals surface area contributed by atoms with Crippen molar-refractivity contribution in [3.63, 3.8) is 0 Å². The van der Waals surface area contributed by atoms with Crippen LogP contribution in [0.4, 0.5) is 9.18 Å². The number of ether oxygens (including phenoxy) is 8. The van der Waals surface area contributed by atoms with Gasteiger partial charge in [0, 0.05) is 20.8 Å². The lowest BCUT2D eigenvalue weighted by atomic mass is 9.67. The molecule has 2 aliphatic heterocycles. The van der Waals surface area contributed by atoms with Crippen LogP contribution in [0, 0.1) is 6.61 Å². The van der Waals surface area contributed by atoms with Gasteiger partial charge >= 0.3 is 24.0 Å². The SMILES string of the molecule is CC(=O)OC[C@H]1O[C@@H](O[C@H]2[CH]O[C@H](C(OCCF)C(C)=O)[C@@](O)(C(C)=O)[C@]2(O)C(C)=O)[C@@H](OC(C)=O)[C@@H](OC(N)=O)[C@@H]1OC(C)=O. The van der Waals surface area contributed by atoms with Crippen molar-refractivity contribution >= 4 is 41.4 Å². The van der Waals surface area contributed by atoms with E-state index in [1.165, 1.54) is 0 Å². The quantitative estimate of drug-likeness (QED) is 0.135. The first-order chi connectivity index (χ1) is 21.3. The Morgan fingerprint density at radius 1 is 0.848 bits per heavy atom. The highest BCUT2D eigenvalue weighted by molar-refractivity contribution is 5.99. The molecule has 2 saturated heterocycles. The van der Waals surface area contributed by atoms with Crippen LogP contribution in [-0.2, 0) is 66.7 Å². The van der Waals surface area contributed by atoms with E-state index in [0.29, 0.717) is 6.61 Å². The average Bonchev–Trinajstić information content (AvgIpc) is 2.93. The second-order valence-corrected chi connectivity index (χ2v) is 10.4. The fraction of sp³-hybridized carbons (Fsp3) is 0.704. The second-order valence-electron chi connectivity index (χ2n) is 10.4. The molecular weight excluding hydrogens is 629 g/mol. The number of amides is 1. The van der Waals surface area contributed by atoms with Crippen molar-refractivity contribution in [3.05, 3.63) is 6.61 Å². The summed E-state index contributed by atoms with van der Waals surface area (Å²) in [5, 5.41) is 23.6. The molecule has 4 N–H and O–H groups in total. The molecular formula is C27H37FNO17. The molecule has 1 unspecified atom stereocenters. The third kappa shape index (κ3) is 8.20. The van der Waals surface area contributed by atoms with Gasteiger partial charge in [-0.15, -0.1) is 0 Å². The number of hydrogen-bond donors (Lipinski definition) is 3. The summed E-state index contributed by atoms with van der Waals surface area (Å²) in [5.41, 5.74) is -1.41. The number of halogens is 1. The van der Waals surface area contributed by atoms with Crippen LogP contribution in [0.25, 0.3) is 0 Å². The maximum Gasteiger partial charge on any atom is 0.405 e. The Balaban J connectivity index is 2.70. The molecule has 0 aliphatic carbocycles. The monoisotopic (exact) mass is 666 g/mol. The Morgan fingerprint density at radius 3 is 1.87 bits per heavy atom. The number of alkyl halides is 1. The van der Waals surface area contributed by atoms with Gasteiger partial charge in [-0.1, -0.05) is 0 Å². The fourth-order valence-corrected chi connectivity index (χ4v) is 5.12. The lowest BCUT2D eigenvalue weighted by Crippen LogP contribution is -2.79. The summed E-state index contributed by atoms with van der Waals surface area (Å²) in [6, 6.07) is 0. The molecule has 2 aliphatic rings. The van der Waals surface area contributed by atoms with Gasteiger partial charge in [0.2, 0.25) is 0 Å². The van der Waals surface area contributed by atoms with E-state index in [0.717, 1.165) is 41.5 Å².